The third kappa shape index (κ3) is 4.57. The first-order valence-electron chi connectivity index (χ1n) is 10.0. The second kappa shape index (κ2) is 9.17. The van der Waals surface area contributed by atoms with E-state index >= 15 is 0 Å². The fourth-order valence-electron chi connectivity index (χ4n) is 3.69. The molecule has 0 unspecified atom stereocenters. The highest BCUT2D eigenvalue weighted by atomic mass is 32.1. The third-order valence-electron chi connectivity index (χ3n) is 5.27. The van der Waals surface area contributed by atoms with Crippen LogP contribution in [0.4, 0.5) is 15.8 Å². The molecule has 0 N–H and O–H groups in total. The van der Waals surface area contributed by atoms with Crippen LogP contribution in [0.1, 0.15) is 32.1 Å². The number of aromatic nitrogens is 1. The molecule has 0 saturated heterocycles. The lowest BCUT2D eigenvalue weighted by molar-refractivity contribution is -0.384. The van der Waals surface area contributed by atoms with Crippen molar-refractivity contribution in [3.63, 3.8) is 0 Å². The number of nitro groups is 1. The quantitative estimate of drug-likeness (QED) is 0.262. The second-order valence-electron chi connectivity index (χ2n) is 7.28. The van der Waals surface area contributed by atoms with E-state index in [1.165, 1.54) is 48.0 Å². The molecule has 1 aromatic heterocycles. The highest BCUT2D eigenvalue weighted by molar-refractivity contribution is 7.07. The first kappa shape index (κ1) is 20.2. The molecule has 3 aromatic rings. The summed E-state index contributed by atoms with van der Waals surface area (Å²) in [6, 6.07) is 12.9. The molecule has 7 heteroatoms. The molecule has 0 saturated carbocycles. The van der Waals surface area contributed by atoms with E-state index in [1.54, 1.807) is 30.3 Å². The van der Waals surface area contributed by atoms with Crippen LogP contribution < -0.4 is 4.80 Å². The Kier molecular flexibility index (Phi) is 6.18. The minimum atomic E-state index is -0.412. The summed E-state index contributed by atoms with van der Waals surface area (Å²) in [5, 5.41) is 13.4. The minimum absolute atomic E-state index is 0.0178. The molecule has 0 fully saturated rings. The van der Waals surface area contributed by atoms with Gasteiger partial charge in [0.05, 0.1) is 10.6 Å². The molecule has 0 spiro atoms. The lowest BCUT2D eigenvalue weighted by atomic mass is 9.97. The Morgan fingerprint density at radius 1 is 1.13 bits per heavy atom. The summed E-state index contributed by atoms with van der Waals surface area (Å²) in [6.07, 6.45) is 7.95. The summed E-state index contributed by atoms with van der Waals surface area (Å²) in [4.78, 5) is 16.3. The van der Waals surface area contributed by atoms with E-state index in [2.05, 4.69) is 15.6 Å². The summed E-state index contributed by atoms with van der Waals surface area (Å²) in [5.74, 6) is -0.280. The van der Waals surface area contributed by atoms with Crippen molar-refractivity contribution in [1.29, 1.82) is 0 Å². The van der Waals surface area contributed by atoms with Gasteiger partial charge in [0.15, 0.2) is 4.80 Å². The molecule has 2 aromatic carbocycles. The zero-order chi connectivity index (χ0) is 20.9. The zero-order valence-corrected chi connectivity index (χ0v) is 17.3. The summed E-state index contributed by atoms with van der Waals surface area (Å²) in [5.41, 5.74) is 3.60. The van der Waals surface area contributed by atoms with Crippen LogP contribution >= 0.6 is 11.3 Å². The number of para-hydroxylation sites is 2. The number of rotatable bonds is 6. The van der Waals surface area contributed by atoms with Crippen molar-refractivity contribution in [2.45, 2.75) is 38.6 Å². The van der Waals surface area contributed by atoms with Gasteiger partial charge in [-0.2, -0.15) is 0 Å². The number of hydrogen-bond donors (Lipinski definition) is 0. The Morgan fingerprint density at radius 2 is 1.93 bits per heavy atom. The van der Waals surface area contributed by atoms with E-state index in [0.717, 1.165) is 37.1 Å². The van der Waals surface area contributed by atoms with Gasteiger partial charge in [0, 0.05) is 18.0 Å². The van der Waals surface area contributed by atoms with Gasteiger partial charge in [0.25, 0.3) is 5.69 Å². The van der Waals surface area contributed by atoms with Crippen LogP contribution in [-0.4, -0.2) is 9.49 Å². The van der Waals surface area contributed by atoms with Crippen molar-refractivity contribution in [3.8, 4) is 11.3 Å². The van der Waals surface area contributed by atoms with Gasteiger partial charge in [-0.25, -0.2) is 9.38 Å². The van der Waals surface area contributed by atoms with Gasteiger partial charge in [-0.15, -0.1) is 11.3 Å². The normalized spacial score (nSPS) is 14.6. The fourth-order valence-corrected chi connectivity index (χ4v) is 4.64. The van der Waals surface area contributed by atoms with Gasteiger partial charge >= 0.3 is 0 Å². The summed E-state index contributed by atoms with van der Waals surface area (Å²) in [7, 11) is 0. The highest BCUT2D eigenvalue weighted by Crippen LogP contribution is 2.28. The predicted octanol–water partition coefficient (Wildman–Crippen LogP) is 6.39. The first-order valence-corrected chi connectivity index (χ1v) is 10.9. The number of hydrogen-bond acceptors (Lipinski definition) is 4. The maximum atomic E-state index is 13.4. The molecule has 154 valence electrons. The van der Waals surface area contributed by atoms with E-state index in [9.17, 15) is 14.5 Å². The summed E-state index contributed by atoms with van der Waals surface area (Å²) < 4.78 is 15.5. The molecule has 0 amide bonds. The summed E-state index contributed by atoms with van der Waals surface area (Å²) in [6.45, 7) is 0.724. The predicted molar refractivity (Wildman–Crippen MR) is 117 cm³/mol. The molecule has 0 atom stereocenters. The molecular weight excluding hydrogens is 401 g/mol. The average Bonchev–Trinajstić information content (AvgIpc) is 3.16. The lowest BCUT2D eigenvalue weighted by Crippen LogP contribution is -2.17. The van der Waals surface area contributed by atoms with Gasteiger partial charge < -0.3 is 4.57 Å². The zero-order valence-electron chi connectivity index (χ0n) is 16.5. The minimum Gasteiger partial charge on any atom is -0.316 e. The van der Waals surface area contributed by atoms with Crippen LogP contribution in [-0.2, 0) is 6.54 Å². The Bertz CT molecular complexity index is 1150. The number of benzene rings is 2. The number of thiazole rings is 1. The number of nitro benzene ring substituents is 1. The van der Waals surface area contributed by atoms with Crippen LogP contribution in [0.3, 0.4) is 0 Å². The largest absolute Gasteiger partial charge is 0.316 e. The van der Waals surface area contributed by atoms with E-state index in [0.29, 0.717) is 10.5 Å². The van der Waals surface area contributed by atoms with Gasteiger partial charge in [0.2, 0.25) is 0 Å². The molecule has 1 aliphatic carbocycles. The smallest absolute Gasteiger partial charge is 0.294 e. The molecule has 1 aliphatic rings. The summed E-state index contributed by atoms with van der Waals surface area (Å²) >= 11 is 1.44. The van der Waals surface area contributed by atoms with Gasteiger partial charge in [0.1, 0.15) is 11.5 Å². The van der Waals surface area contributed by atoms with Crippen LogP contribution in [0.25, 0.3) is 11.3 Å². The van der Waals surface area contributed by atoms with E-state index < -0.39 is 4.92 Å². The van der Waals surface area contributed by atoms with Gasteiger partial charge in [-0.1, -0.05) is 23.8 Å². The molecule has 0 radical (unpaired) electrons. The van der Waals surface area contributed by atoms with Crippen molar-refractivity contribution < 1.29 is 9.31 Å². The number of nitrogens with zero attached hydrogens (tertiary/aromatic N) is 3. The van der Waals surface area contributed by atoms with Crippen molar-refractivity contribution >= 4 is 22.7 Å². The molecule has 4 rings (SSSR count). The topological polar surface area (TPSA) is 60.4 Å². The van der Waals surface area contributed by atoms with Crippen molar-refractivity contribution in [2.75, 3.05) is 0 Å². The standard InChI is InChI=1S/C23H22FN3O2S/c24-19-12-10-18(11-13-19)22-16-30-23(25-20-8-4-5-9-21(20)27(28)29)26(22)15-14-17-6-2-1-3-7-17/h4-6,8-13,16H,1-3,7,14-15H2. The molecular formula is C23H22FN3O2S. The van der Waals surface area contributed by atoms with Crippen molar-refractivity contribution in [1.82, 2.24) is 4.57 Å². The van der Waals surface area contributed by atoms with Gasteiger partial charge in [-0.05, 0) is 68.0 Å². The Morgan fingerprint density at radius 3 is 2.67 bits per heavy atom. The molecule has 0 bridgehead atoms. The van der Waals surface area contributed by atoms with Crippen LogP contribution in [0.2, 0.25) is 0 Å². The van der Waals surface area contributed by atoms with Gasteiger partial charge in [-0.3, -0.25) is 10.1 Å². The molecule has 0 aliphatic heterocycles. The molecule has 5 nitrogen and oxygen atoms in total. The van der Waals surface area contributed by atoms with E-state index in [4.69, 9.17) is 0 Å². The van der Waals surface area contributed by atoms with Crippen LogP contribution in [0, 0.1) is 15.9 Å². The van der Waals surface area contributed by atoms with Crippen LogP contribution in [0.5, 0.6) is 0 Å². The number of allylic oxidation sites excluding steroid dienone is 2. The Balaban J connectivity index is 1.77. The van der Waals surface area contributed by atoms with Crippen molar-refractivity contribution in [3.05, 3.63) is 86.3 Å². The first-order chi connectivity index (χ1) is 14.6. The molecule has 30 heavy (non-hydrogen) atoms. The fraction of sp³-hybridized carbons (Fsp3) is 0.261. The third-order valence-corrected chi connectivity index (χ3v) is 6.14. The van der Waals surface area contributed by atoms with Crippen LogP contribution in [0.15, 0.2) is 70.6 Å². The Labute approximate surface area is 178 Å². The average molecular weight is 424 g/mol. The maximum Gasteiger partial charge on any atom is 0.294 e. The highest BCUT2D eigenvalue weighted by Gasteiger charge is 2.14. The monoisotopic (exact) mass is 423 g/mol. The van der Waals surface area contributed by atoms with E-state index in [1.807, 2.05) is 5.38 Å². The number of halogens is 1. The lowest BCUT2D eigenvalue weighted by Gasteiger charge is -2.14. The SMILES string of the molecule is O=[N+]([O-])c1ccccc1N=c1scc(-c2ccc(F)cc2)n1CCC1=CCCCC1. The maximum absolute atomic E-state index is 13.4. The second-order valence-corrected chi connectivity index (χ2v) is 8.11. The Hall–Kier alpha value is -3.06. The van der Waals surface area contributed by atoms with E-state index in [-0.39, 0.29) is 11.5 Å². The van der Waals surface area contributed by atoms with Crippen molar-refractivity contribution in [2.24, 2.45) is 4.99 Å². The molecule has 1 heterocycles.